The van der Waals surface area contributed by atoms with Crippen LogP contribution in [-0.2, 0) is 4.74 Å². The molecule has 0 amide bonds. The minimum atomic E-state index is 0.507. The normalized spacial score (nSPS) is 34.4. The first-order valence-corrected chi connectivity index (χ1v) is 5.60. The molecule has 0 aliphatic carbocycles. The second-order valence-electron chi connectivity index (χ2n) is 5.37. The highest BCUT2D eigenvalue weighted by Gasteiger charge is 2.46. The Morgan fingerprint density at radius 1 is 0.692 bits per heavy atom. The van der Waals surface area contributed by atoms with E-state index in [1.54, 1.807) is 0 Å². The van der Waals surface area contributed by atoms with Crippen LogP contribution < -0.4 is 0 Å². The van der Waals surface area contributed by atoms with Gasteiger partial charge in [0, 0.05) is 5.92 Å². The van der Waals surface area contributed by atoms with Crippen LogP contribution in [0.5, 0.6) is 0 Å². The number of ether oxygens (including phenoxy) is 1. The van der Waals surface area contributed by atoms with Crippen LogP contribution in [0.15, 0.2) is 0 Å². The molecule has 0 aromatic heterocycles. The van der Waals surface area contributed by atoms with E-state index >= 15 is 0 Å². The molecule has 1 aliphatic heterocycles. The molecule has 1 nitrogen and oxygen atoms in total. The maximum atomic E-state index is 5.94. The molecule has 2 unspecified atom stereocenters. The van der Waals surface area contributed by atoms with Gasteiger partial charge in [-0.15, -0.1) is 0 Å². The molecule has 0 bridgehead atoms. The summed E-state index contributed by atoms with van der Waals surface area (Å²) >= 11 is 0. The van der Waals surface area contributed by atoms with Gasteiger partial charge in [0.2, 0.25) is 0 Å². The summed E-state index contributed by atoms with van der Waals surface area (Å²) in [6.45, 7) is 13.7. The van der Waals surface area contributed by atoms with Crippen LogP contribution in [0.1, 0.15) is 41.5 Å². The third-order valence-electron chi connectivity index (χ3n) is 3.16. The van der Waals surface area contributed by atoms with Crippen molar-refractivity contribution in [1.29, 1.82) is 0 Å². The third kappa shape index (κ3) is 2.07. The number of hydrogen-bond acceptors (Lipinski definition) is 1. The Labute approximate surface area is 82.9 Å². The quantitative estimate of drug-likeness (QED) is 0.653. The Kier molecular flexibility index (Phi) is 3.39. The fourth-order valence-corrected chi connectivity index (χ4v) is 2.42. The van der Waals surface area contributed by atoms with Crippen molar-refractivity contribution >= 4 is 0 Å². The monoisotopic (exact) mass is 184 g/mol. The van der Waals surface area contributed by atoms with Crippen molar-refractivity contribution in [1.82, 2.24) is 0 Å². The average Bonchev–Trinajstić information content (AvgIpc) is 1.79. The van der Waals surface area contributed by atoms with E-state index in [2.05, 4.69) is 41.5 Å². The first-order valence-electron chi connectivity index (χ1n) is 5.60. The maximum absolute atomic E-state index is 5.94. The molecule has 2 atom stereocenters. The Balaban J connectivity index is 2.58. The zero-order chi connectivity index (χ0) is 10.2. The molecule has 1 heteroatoms. The van der Waals surface area contributed by atoms with Crippen LogP contribution in [0, 0.1) is 23.7 Å². The lowest BCUT2D eigenvalue weighted by molar-refractivity contribution is -0.232. The summed E-state index contributed by atoms with van der Waals surface area (Å²) in [5.41, 5.74) is 0. The molecule has 0 saturated carbocycles. The Bertz CT molecular complexity index is 147. The molecule has 0 aromatic rings. The topological polar surface area (TPSA) is 9.23 Å². The minimum absolute atomic E-state index is 0.507. The van der Waals surface area contributed by atoms with E-state index in [0.717, 1.165) is 11.8 Å². The molecule has 1 fully saturated rings. The molecule has 1 rings (SSSR count). The first kappa shape index (κ1) is 11.0. The predicted octanol–water partition coefficient (Wildman–Crippen LogP) is 3.34. The van der Waals surface area contributed by atoms with E-state index in [9.17, 15) is 0 Å². The zero-order valence-electron chi connectivity index (χ0n) is 9.87. The van der Waals surface area contributed by atoms with Gasteiger partial charge < -0.3 is 4.74 Å². The van der Waals surface area contributed by atoms with Crippen molar-refractivity contribution < 1.29 is 4.74 Å². The van der Waals surface area contributed by atoms with Crippen LogP contribution in [-0.4, -0.2) is 12.2 Å². The zero-order valence-corrected chi connectivity index (χ0v) is 9.87. The molecule has 78 valence electrons. The van der Waals surface area contributed by atoms with Crippen LogP contribution in [0.3, 0.4) is 0 Å². The average molecular weight is 184 g/mol. The highest BCUT2D eigenvalue weighted by molar-refractivity contribution is 4.92. The molecular formula is C12H24O. The Hall–Kier alpha value is -0.0400. The predicted molar refractivity (Wildman–Crippen MR) is 56.7 cm³/mol. The van der Waals surface area contributed by atoms with Gasteiger partial charge in [-0.1, -0.05) is 41.5 Å². The van der Waals surface area contributed by atoms with Crippen LogP contribution in [0.2, 0.25) is 0 Å². The summed E-state index contributed by atoms with van der Waals surface area (Å²) in [5, 5.41) is 0. The fourth-order valence-electron chi connectivity index (χ4n) is 2.42. The molecule has 0 spiro atoms. The molecule has 13 heavy (non-hydrogen) atoms. The first-order chi connectivity index (χ1) is 5.95. The van der Waals surface area contributed by atoms with Gasteiger partial charge >= 0.3 is 0 Å². The summed E-state index contributed by atoms with van der Waals surface area (Å²) in [6, 6.07) is 0. The van der Waals surface area contributed by atoms with Crippen LogP contribution >= 0.6 is 0 Å². The van der Waals surface area contributed by atoms with E-state index in [1.165, 1.54) is 0 Å². The summed E-state index contributed by atoms with van der Waals surface area (Å²) in [7, 11) is 0. The summed E-state index contributed by atoms with van der Waals surface area (Å²) in [5.74, 6) is 2.87. The van der Waals surface area contributed by atoms with E-state index in [0.29, 0.717) is 24.0 Å². The highest BCUT2D eigenvalue weighted by atomic mass is 16.5. The summed E-state index contributed by atoms with van der Waals surface area (Å²) < 4.78 is 5.94. The molecule has 0 N–H and O–H groups in total. The van der Waals surface area contributed by atoms with Crippen molar-refractivity contribution in [2.24, 2.45) is 23.7 Å². The molecule has 1 saturated heterocycles. The standard InChI is InChI=1S/C12H24O/c1-7(2)10-11(8(3)4)13-12(10)9(5)6/h7-12H,1-6H3. The lowest BCUT2D eigenvalue weighted by Crippen LogP contribution is -2.56. The van der Waals surface area contributed by atoms with Gasteiger partial charge in [-0.2, -0.15) is 0 Å². The molecular weight excluding hydrogens is 160 g/mol. The van der Waals surface area contributed by atoms with Crippen LogP contribution in [0.25, 0.3) is 0 Å². The minimum Gasteiger partial charge on any atom is -0.374 e. The van der Waals surface area contributed by atoms with Gasteiger partial charge in [0.1, 0.15) is 0 Å². The van der Waals surface area contributed by atoms with Crippen molar-refractivity contribution in [2.75, 3.05) is 0 Å². The van der Waals surface area contributed by atoms with Gasteiger partial charge in [-0.3, -0.25) is 0 Å². The Morgan fingerprint density at radius 2 is 1.08 bits per heavy atom. The smallest absolute Gasteiger partial charge is 0.0657 e. The van der Waals surface area contributed by atoms with Gasteiger partial charge in [0.05, 0.1) is 12.2 Å². The second kappa shape index (κ2) is 4.00. The Morgan fingerprint density at radius 3 is 1.31 bits per heavy atom. The van der Waals surface area contributed by atoms with Crippen molar-refractivity contribution in [3.8, 4) is 0 Å². The van der Waals surface area contributed by atoms with Gasteiger partial charge in [0.25, 0.3) is 0 Å². The van der Waals surface area contributed by atoms with E-state index < -0.39 is 0 Å². The summed E-state index contributed by atoms with van der Waals surface area (Å²) in [6.07, 6.45) is 1.01. The van der Waals surface area contributed by atoms with Crippen molar-refractivity contribution in [3.63, 3.8) is 0 Å². The van der Waals surface area contributed by atoms with Crippen molar-refractivity contribution in [2.45, 2.75) is 53.8 Å². The largest absolute Gasteiger partial charge is 0.374 e. The van der Waals surface area contributed by atoms with E-state index in [1.807, 2.05) is 0 Å². The number of rotatable bonds is 3. The molecule has 0 radical (unpaired) electrons. The lowest BCUT2D eigenvalue weighted by atomic mass is 9.72. The molecule has 0 aromatic carbocycles. The molecule has 1 heterocycles. The SMILES string of the molecule is CC(C)C1OC(C(C)C)C1C(C)C. The van der Waals surface area contributed by atoms with Gasteiger partial charge in [-0.25, -0.2) is 0 Å². The third-order valence-corrected chi connectivity index (χ3v) is 3.16. The lowest BCUT2D eigenvalue weighted by Gasteiger charge is -2.51. The van der Waals surface area contributed by atoms with E-state index in [4.69, 9.17) is 4.74 Å². The van der Waals surface area contributed by atoms with Gasteiger partial charge in [-0.05, 0) is 17.8 Å². The summed E-state index contributed by atoms with van der Waals surface area (Å²) in [4.78, 5) is 0. The number of hydrogen-bond donors (Lipinski definition) is 0. The van der Waals surface area contributed by atoms with E-state index in [-0.39, 0.29) is 0 Å². The van der Waals surface area contributed by atoms with Gasteiger partial charge in [0.15, 0.2) is 0 Å². The molecule has 1 aliphatic rings. The second-order valence-corrected chi connectivity index (χ2v) is 5.37. The fraction of sp³-hybridized carbons (Fsp3) is 1.00. The van der Waals surface area contributed by atoms with Crippen LogP contribution in [0.4, 0.5) is 0 Å². The highest BCUT2D eigenvalue weighted by Crippen LogP contribution is 2.41. The maximum Gasteiger partial charge on any atom is 0.0657 e. The van der Waals surface area contributed by atoms with Crippen molar-refractivity contribution in [3.05, 3.63) is 0 Å².